The zero-order chi connectivity index (χ0) is 31.2. The smallest absolute Gasteiger partial charge is 0.428 e. The number of hydrogen-bond donors (Lipinski definition) is 0. The minimum absolute atomic E-state index is 0.0522. The zero-order valence-electron chi connectivity index (χ0n) is 25.2. The van der Waals surface area contributed by atoms with Crippen molar-refractivity contribution in [1.29, 1.82) is 0 Å². The highest BCUT2D eigenvalue weighted by atomic mass is 32.2. The molecule has 0 radical (unpaired) electrons. The van der Waals surface area contributed by atoms with Crippen molar-refractivity contribution in [2.75, 3.05) is 0 Å². The Labute approximate surface area is 257 Å². The Bertz CT molecular complexity index is 1270. The number of halogens is 2. The lowest BCUT2D eigenvalue weighted by Crippen LogP contribution is -2.61. The van der Waals surface area contributed by atoms with Crippen LogP contribution in [0.25, 0.3) is 0 Å². The van der Waals surface area contributed by atoms with E-state index in [2.05, 4.69) is 6.92 Å². The molecule has 0 aromatic carbocycles. The molecule has 9 rings (SSSR count). The Kier molecular flexibility index (Phi) is 7.43. The average molecular weight is 642 g/mol. The van der Waals surface area contributed by atoms with Crippen molar-refractivity contribution in [2.24, 2.45) is 53.3 Å². The first kappa shape index (κ1) is 30.8. The van der Waals surface area contributed by atoms with E-state index in [4.69, 9.17) is 14.2 Å². The largest absolute Gasteiger partial charge is 0.743 e. The molecule has 9 nitrogen and oxygen atoms in total. The summed E-state index contributed by atoms with van der Waals surface area (Å²) >= 11 is 0. The summed E-state index contributed by atoms with van der Waals surface area (Å²) in [4.78, 5) is 39.8. The Balaban J connectivity index is 1.03. The minimum atomic E-state index is -6.22. The Morgan fingerprint density at radius 3 is 1.86 bits per heavy atom. The lowest BCUT2D eigenvalue weighted by atomic mass is 9.49. The number of alkyl halides is 2. The lowest BCUT2D eigenvalue weighted by Gasteiger charge is -2.60. The van der Waals surface area contributed by atoms with Gasteiger partial charge in [0.2, 0.25) is 0 Å². The second-order valence-electron chi connectivity index (χ2n) is 15.4. The summed E-state index contributed by atoms with van der Waals surface area (Å²) in [5.74, 6) is -2.37. The van der Waals surface area contributed by atoms with Crippen LogP contribution < -0.4 is 0 Å². The molecule has 0 aromatic rings. The van der Waals surface area contributed by atoms with Crippen molar-refractivity contribution in [3.63, 3.8) is 0 Å². The minimum Gasteiger partial charge on any atom is -0.743 e. The van der Waals surface area contributed by atoms with Gasteiger partial charge in [-0.25, -0.2) is 13.2 Å². The fourth-order valence-corrected chi connectivity index (χ4v) is 11.8. The van der Waals surface area contributed by atoms with E-state index in [1.807, 2.05) is 0 Å². The summed E-state index contributed by atoms with van der Waals surface area (Å²) in [6.07, 6.45) is 10.8. The molecule has 4 atom stereocenters. The highest BCUT2D eigenvalue weighted by Gasteiger charge is 2.62. The molecule has 0 spiro atoms. The average Bonchev–Trinajstić information content (AvgIpc) is 2.95. The molecule has 246 valence electrons. The first-order valence-electron chi connectivity index (χ1n) is 16.7. The van der Waals surface area contributed by atoms with Gasteiger partial charge in [0.25, 0.3) is 0 Å². The lowest BCUT2D eigenvalue weighted by molar-refractivity contribution is -0.227. The van der Waals surface area contributed by atoms with E-state index in [0.29, 0.717) is 43.9 Å². The number of hydrogen-bond acceptors (Lipinski definition) is 9. The van der Waals surface area contributed by atoms with Crippen molar-refractivity contribution < 1.29 is 50.3 Å². The second-order valence-corrected chi connectivity index (χ2v) is 16.9. The standard InChI is InChI=1S/C32H44F2O9S/c1-2-31(22-10-17-7-18(12-22)13-23(31)11-17)42-28(36)25-6-4-3-5-24(25)27(35)41-26-20-8-19-9-21(26)16-30(14-19,15-20)43-29(37)32(33,34)44(38,39)40/h17-26H,2-16H2,1H3,(H,38,39,40)/p-1. The van der Waals surface area contributed by atoms with Crippen LogP contribution in [0.15, 0.2) is 0 Å². The highest BCUT2D eigenvalue weighted by Crippen LogP contribution is 2.61. The summed E-state index contributed by atoms with van der Waals surface area (Å²) in [6, 6.07) is 0. The van der Waals surface area contributed by atoms with Crippen molar-refractivity contribution >= 4 is 28.0 Å². The molecule has 0 N–H and O–H groups in total. The van der Waals surface area contributed by atoms with Crippen LogP contribution in [0.2, 0.25) is 0 Å². The third kappa shape index (κ3) is 4.90. The van der Waals surface area contributed by atoms with Gasteiger partial charge in [-0.2, -0.15) is 8.78 Å². The van der Waals surface area contributed by atoms with Crippen molar-refractivity contribution in [3.8, 4) is 0 Å². The van der Waals surface area contributed by atoms with E-state index in [-0.39, 0.29) is 36.6 Å². The van der Waals surface area contributed by atoms with Gasteiger partial charge in [-0.05, 0) is 113 Å². The Morgan fingerprint density at radius 1 is 0.795 bits per heavy atom. The van der Waals surface area contributed by atoms with Gasteiger partial charge in [-0.15, -0.1) is 0 Å². The summed E-state index contributed by atoms with van der Waals surface area (Å²) in [6.45, 7) is 2.12. The van der Waals surface area contributed by atoms with E-state index < -0.39 is 56.5 Å². The molecule has 8 bridgehead atoms. The topological polar surface area (TPSA) is 136 Å². The van der Waals surface area contributed by atoms with Crippen molar-refractivity contribution in [2.45, 2.75) is 126 Å². The Morgan fingerprint density at radius 2 is 1.34 bits per heavy atom. The molecule has 44 heavy (non-hydrogen) atoms. The van der Waals surface area contributed by atoms with Gasteiger partial charge < -0.3 is 18.8 Å². The number of rotatable bonds is 8. The van der Waals surface area contributed by atoms with Crippen LogP contribution in [-0.2, 0) is 38.7 Å². The maximum Gasteiger partial charge on any atom is 0.428 e. The van der Waals surface area contributed by atoms with Crippen LogP contribution in [0, 0.1) is 53.3 Å². The fourth-order valence-electron chi connectivity index (χ4n) is 11.6. The van der Waals surface area contributed by atoms with Gasteiger partial charge in [0.1, 0.15) is 17.3 Å². The van der Waals surface area contributed by atoms with Crippen LogP contribution in [0.1, 0.15) is 103 Å². The van der Waals surface area contributed by atoms with Crippen LogP contribution in [0.4, 0.5) is 8.78 Å². The summed E-state index contributed by atoms with van der Waals surface area (Å²) < 4.78 is 78.8. The zero-order valence-corrected chi connectivity index (χ0v) is 26.0. The molecule has 9 aliphatic rings. The molecular formula is C32H43F2O9S-. The van der Waals surface area contributed by atoms with Gasteiger partial charge in [0.05, 0.1) is 11.8 Å². The number of carbonyl (C=O) groups is 3. The maximum atomic E-state index is 14.0. The molecule has 9 fully saturated rings. The molecule has 9 saturated carbocycles. The van der Waals surface area contributed by atoms with Crippen LogP contribution in [0.5, 0.6) is 0 Å². The first-order chi connectivity index (χ1) is 20.7. The van der Waals surface area contributed by atoms with Gasteiger partial charge in [0, 0.05) is 11.8 Å². The number of ether oxygens (including phenoxy) is 3. The third-order valence-corrected chi connectivity index (χ3v) is 13.8. The van der Waals surface area contributed by atoms with Crippen LogP contribution >= 0.6 is 0 Å². The molecule has 9 aliphatic carbocycles. The third-order valence-electron chi connectivity index (χ3n) is 13.0. The second kappa shape index (κ2) is 10.6. The molecular weight excluding hydrogens is 598 g/mol. The van der Waals surface area contributed by atoms with E-state index in [0.717, 1.165) is 56.8 Å². The molecule has 12 heteroatoms. The fraction of sp³-hybridized carbons (Fsp3) is 0.906. The summed E-state index contributed by atoms with van der Waals surface area (Å²) in [5.41, 5.74) is -1.75. The molecule has 0 heterocycles. The van der Waals surface area contributed by atoms with E-state index >= 15 is 0 Å². The molecule has 4 unspecified atom stereocenters. The highest BCUT2D eigenvalue weighted by molar-refractivity contribution is 7.87. The van der Waals surface area contributed by atoms with Crippen LogP contribution in [-0.4, -0.2) is 53.4 Å². The summed E-state index contributed by atoms with van der Waals surface area (Å²) in [7, 11) is -6.22. The maximum absolute atomic E-state index is 14.0. The van der Waals surface area contributed by atoms with Crippen molar-refractivity contribution in [1.82, 2.24) is 0 Å². The van der Waals surface area contributed by atoms with Gasteiger partial charge in [-0.1, -0.05) is 19.8 Å². The van der Waals surface area contributed by atoms with Gasteiger partial charge in [0.15, 0.2) is 10.1 Å². The monoisotopic (exact) mass is 641 g/mol. The predicted octanol–water partition coefficient (Wildman–Crippen LogP) is 5.11. The van der Waals surface area contributed by atoms with Crippen molar-refractivity contribution in [3.05, 3.63) is 0 Å². The first-order valence-corrected chi connectivity index (χ1v) is 18.1. The molecule has 0 aliphatic heterocycles. The normalized spacial score (nSPS) is 45.6. The predicted molar refractivity (Wildman–Crippen MR) is 149 cm³/mol. The SMILES string of the molecule is CCC1(OC(=O)C2CCCCC2C(=O)OC2C3CC4CC2CC(OC(=O)C(F)(F)S(=O)(=O)[O-])(C4)C3)C2CC3CC(C2)CC1C3. The molecule has 0 amide bonds. The van der Waals surface area contributed by atoms with E-state index in [9.17, 15) is 36.1 Å². The number of esters is 3. The van der Waals surface area contributed by atoms with E-state index in [1.165, 1.54) is 6.42 Å². The molecule has 0 aromatic heterocycles. The quantitative estimate of drug-likeness (QED) is 0.201. The van der Waals surface area contributed by atoms with Crippen LogP contribution in [0.3, 0.4) is 0 Å². The summed E-state index contributed by atoms with van der Waals surface area (Å²) in [5, 5.41) is -5.17. The molecule has 0 saturated heterocycles. The number of carbonyl (C=O) groups excluding carboxylic acids is 3. The van der Waals surface area contributed by atoms with Gasteiger partial charge >= 0.3 is 23.2 Å². The van der Waals surface area contributed by atoms with Gasteiger partial charge in [-0.3, -0.25) is 9.59 Å². The Hall–Kier alpha value is -1.82. The van der Waals surface area contributed by atoms with E-state index in [1.54, 1.807) is 0 Å².